The highest BCUT2D eigenvalue weighted by atomic mass is 79.9. The Morgan fingerprint density at radius 1 is 1.24 bits per heavy atom. The number of ether oxygens (including phenoxy) is 1. The Morgan fingerprint density at radius 2 is 1.94 bits per heavy atom. The summed E-state index contributed by atoms with van der Waals surface area (Å²) in [6.45, 7) is 6.84. The number of rotatable bonds is 8. The molecule has 0 fully saturated rings. The maximum absolute atomic E-state index is 5.52. The SMILES string of the molecule is CCCNC(COCC)Cc1ccc(Br)cc1. The van der Waals surface area contributed by atoms with Crippen LogP contribution in [0.5, 0.6) is 0 Å². The molecule has 0 aliphatic carbocycles. The molecule has 1 rings (SSSR count). The van der Waals surface area contributed by atoms with Crippen LogP contribution in [-0.4, -0.2) is 25.8 Å². The van der Waals surface area contributed by atoms with Gasteiger partial charge >= 0.3 is 0 Å². The highest BCUT2D eigenvalue weighted by molar-refractivity contribution is 9.10. The zero-order valence-corrected chi connectivity index (χ0v) is 12.3. The average molecular weight is 300 g/mol. The fourth-order valence-electron chi connectivity index (χ4n) is 1.70. The van der Waals surface area contributed by atoms with Crippen LogP contribution in [0.4, 0.5) is 0 Å². The van der Waals surface area contributed by atoms with Crippen molar-refractivity contribution in [3.05, 3.63) is 34.3 Å². The Labute approximate surface area is 113 Å². The Hall–Kier alpha value is -0.380. The van der Waals surface area contributed by atoms with Crippen molar-refractivity contribution in [1.29, 1.82) is 0 Å². The van der Waals surface area contributed by atoms with E-state index in [2.05, 4.69) is 52.4 Å². The third-order valence-corrected chi connectivity index (χ3v) is 3.13. The summed E-state index contributed by atoms with van der Waals surface area (Å²) in [5.41, 5.74) is 1.35. The summed E-state index contributed by atoms with van der Waals surface area (Å²) in [5.74, 6) is 0. The number of halogens is 1. The normalized spacial score (nSPS) is 12.6. The molecule has 0 saturated carbocycles. The standard InChI is InChI=1S/C14H22BrNO/c1-3-9-16-14(11-17-4-2)10-12-5-7-13(15)8-6-12/h5-8,14,16H,3-4,9-11H2,1-2H3. The minimum absolute atomic E-state index is 0.413. The average Bonchev–Trinajstić information content (AvgIpc) is 2.35. The summed E-state index contributed by atoms with van der Waals surface area (Å²) in [5, 5.41) is 3.53. The molecule has 1 N–H and O–H groups in total. The Kier molecular flexibility index (Phi) is 7.49. The van der Waals surface area contributed by atoms with E-state index in [1.807, 2.05) is 6.92 Å². The quantitative estimate of drug-likeness (QED) is 0.794. The van der Waals surface area contributed by atoms with E-state index in [0.717, 1.165) is 37.1 Å². The van der Waals surface area contributed by atoms with Gasteiger partial charge in [0.05, 0.1) is 6.61 Å². The van der Waals surface area contributed by atoms with Gasteiger partial charge in [-0.2, -0.15) is 0 Å². The van der Waals surface area contributed by atoms with E-state index in [-0.39, 0.29) is 0 Å². The molecule has 1 unspecified atom stereocenters. The molecule has 0 spiro atoms. The molecule has 1 aromatic rings. The zero-order valence-electron chi connectivity index (χ0n) is 10.7. The molecule has 2 nitrogen and oxygen atoms in total. The van der Waals surface area contributed by atoms with Crippen LogP contribution in [0.3, 0.4) is 0 Å². The third-order valence-electron chi connectivity index (χ3n) is 2.60. The second kappa shape index (κ2) is 8.67. The fraction of sp³-hybridized carbons (Fsp3) is 0.571. The van der Waals surface area contributed by atoms with Crippen molar-refractivity contribution in [3.8, 4) is 0 Å². The molecular formula is C14H22BrNO. The molecule has 0 heterocycles. The molecule has 0 aliphatic rings. The molecule has 0 saturated heterocycles. The van der Waals surface area contributed by atoms with Crippen LogP contribution in [0.2, 0.25) is 0 Å². The highest BCUT2D eigenvalue weighted by Crippen LogP contribution is 2.12. The predicted molar refractivity (Wildman–Crippen MR) is 76.4 cm³/mol. The van der Waals surface area contributed by atoms with Crippen molar-refractivity contribution in [1.82, 2.24) is 5.32 Å². The van der Waals surface area contributed by atoms with Crippen molar-refractivity contribution < 1.29 is 4.74 Å². The van der Waals surface area contributed by atoms with Crippen LogP contribution in [-0.2, 0) is 11.2 Å². The van der Waals surface area contributed by atoms with Crippen molar-refractivity contribution in [2.45, 2.75) is 32.7 Å². The second-order valence-electron chi connectivity index (χ2n) is 4.14. The lowest BCUT2D eigenvalue weighted by atomic mass is 10.1. The minimum Gasteiger partial charge on any atom is -0.380 e. The van der Waals surface area contributed by atoms with Gasteiger partial charge in [-0.05, 0) is 44.0 Å². The van der Waals surface area contributed by atoms with Gasteiger partial charge < -0.3 is 10.1 Å². The minimum atomic E-state index is 0.413. The van der Waals surface area contributed by atoms with Crippen molar-refractivity contribution in [2.24, 2.45) is 0 Å². The van der Waals surface area contributed by atoms with Crippen LogP contribution < -0.4 is 5.32 Å². The van der Waals surface area contributed by atoms with E-state index in [9.17, 15) is 0 Å². The third kappa shape index (κ3) is 6.20. The van der Waals surface area contributed by atoms with Gasteiger partial charge in [-0.1, -0.05) is 35.0 Å². The largest absolute Gasteiger partial charge is 0.380 e. The molecule has 0 radical (unpaired) electrons. The van der Waals surface area contributed by atoms with Crippen LogP contribution >= 0.6 is 15.9 Å². The highest BCUT2D eigenvalue weighted by Gasteiger charge is 2.08. The first-order valence-electron chi connectivity index (χ1n) is 6.31. The monoisotopic (exact) mass is 299 g/mol. The molecule has 1 atom stereocenters. The fourth-order valence-corrected chi connectivity index (χ4v) is 1.97. The first kappa shape index (κ1) is 14.7. The van der Waals surface area contributed by atoms with Gasteiger partial charge in [-0.15, -0.1) is 0 Å². The van der Waals surface area contributed by atoms with Crippen LogP contribution in [0.25, 0.3) is 0 Å². The smallest absolute Gasteiger partial charge is 0.0622 e. The van der Waals surface area contributed by atoms with Gasteiger partial charge in [0.15, 0.2) is 0 Å². The van der Waals surface area contributed by atoms with E-state index in [0.29, 0.717) is 6.04 Å². The van der Waals surface area contributed by atoms with Gasteiger partial charge in [0.1, 0.15) is 0 Å². The summed E-state index contributed by atoms with van der Waals surface area (Å²) in [4.78, 5) is 0. The summed E-state index contributed by atoms with van der Waals surface area (Å²) in [7, 11) is 0. The van der Waals surface area contributed by atoms with Crippen molar-refractivity contribution >= 4 is 15.9 Å². The zero-order chi connectivity index (χ0) is 12.5. The first-order chi connectivity index (χ1) is 8.26. The van der Waals surface area contributed by atoms with Crippen LogP contribution in [0.1, 0.15) is 25.8 Å². The molecule has 17 heavy (non-hydrogen) atoms. The van der Waals surface area contributed by atoms with Gasteiger partial charge in [0, 0.05) is 17.1 Å². The number of hydrogen-bond acceptors (Lipinski definition) is 2. The first-order valence-corrected chi connectivity index (χ1v) is 7.11. The number of hydrogen-bond donors (Lipinski definition) is 1. The molecule has 3 heteroatoms. The van der Waals surface area contributed by atoms with Gasteiger partial charge in [-0.3, -0.25) is 0 Å². The summed E-state index contributed by atoms with van der Waals surface area (Å²) in [6, 6.07) is 8.92. The van der Waals surface area contributed by atoms with Crippen LogP contribution in [0, 0.1) is 0 Å². The van der Waals surface area contributed by atoms with E-state index in [1.54, 1.807) is 0 Å². The molecule has 0 aromatic heterocycles. The van der Waals surface area contributed by atoms with Gasteiger partial charge in [0.2, 0.25) is 0 Å². The molecule has 96 valence electrons. The topological polar surface area (TPSA) is 21.3 Å². The van der Waals surface area contributed by atoms with E-state index >= 15 is 0 Å². The number of benzene rings is 1. The van der Waals surface area contributed by atoms with Crippen LogP contribution in [0.15, 0.2) is 28.7 Å². The van der Waals surface area contributed by atoms with Gasteiger partial charge in [-0.25, -0.2) is 0 Å². The lowest BCUT2D eigenvalue weighted by Crippen LogP contribution is -2.36. The molecule has 1 aromatic carbocycles. The van der Waals surface area contributed by atoms with E-state index < -0.39 is 0 Å². The molecule has 0 aliphatic heterocycles. The second-order valence-corrected chi connectivity index (χ2v) is 5.06. The predicted octanol–water partition coefficient (Wildman–Crippen LogP) is 3.40. The Morgan fingerprint density at radius 3 is 2.53 bits per heavy atom. The van der Waals surface area contributed by atoms with E-state index in [4.69, 9.17) is 4.74 Å². The lowest BCUT2D eigenvalue weighted by Gasteiger charge is -2.18. The van der Waals surface area contributed by atoms with E-state index in [1.165, 1.54) is 5.56 Å². The summed E-state index contributed by atoms with van der Waals surface area (Å²) in [6.07, 6.45) is 2.18. The van der Waals surface area contributed by atoms with Crippen molar-refractivity contribution in [2.75, 3.05) is 19.8 Å². The molecular weight excluding hydrogens is 278 g/mol. The molecule has 0 amide bonds. The maximum Gasteiger partial charge on any atom is 0.0622 e. The Balaban J connectivity index is 2.48. The van der Waals surface area contributed by atoms with Gasteiger partial charge in [0.25, 0.3) is 0 Å². The lowest BCUT2D eigenvalue weighted by molar-refractivity contribution is 0.122. The Bertz CT molecular complexity index is 292. The maximum atomic E-state index is 5.52. The summed E-state index contributed by atoms with van der Waals surface area (Å²) >= 11 is 3.46. The molecule has 0 bridgehead atoms. The number of nitrogens with one attached hydrogen (secondary N) is 1. The summed E-state index contributed by atoms with van der Waals surface area (Å²) < 4.78 is 6.65. The van der Waals surface area contributed by atoms with Crippen molar-refractivity contribution in [3.63, 3.8) is 0 Å².